The van der Waals surface area contributed by atoms with Crippen LogP contribution in [0, 0.1) is 5.92 Å². The number of hydrogen-bond donors (Lipinski definition) is 2. The molecule has 0 aliphatic rings. The lowest BCUT2D eigenvalue weighted by atomic mass is 10.1. The van der Waals surface area contributed by atoms with Gasteiger partial charge in [-0.2, -0.15) is 8.78 Å². The number of halogens is 2. The molecule has 0 aromatic carbocycles. The maximum atomic E-state index is 12.4. The minimum absolute atomic E-state index is 0.324. The number of aliphatic hydroxyl groups is 1. The molecule has 0 saturated heterocycles. The molecule has 0 radical (unpaired) electrons. The van der Waals surface area contributed by atoms with E-state index in [9.17, 15) is 13.6 Å². The number of alkyl halides is 2. The summed E-state index contributed by atoms with van der Waals surface area (Å²) in [4.78, 5) is 9.89. The van der Waals surface area contributed by atoms with Gasteiger partial charge in [-0.1, -0.05) is 13.8 Å². The summed E-state index contributed by atoms with van der Waals surface area (Å²) in [6.45, 7) is 3.10. The fraction of sp³-hybridized carbons (Fsp3) is 0.571. The minimum atomic E-state index is -4.18. The van der Waals surface area contributed by atoms with Gasteiger partial charge in [-0.05, 0) is 12.0 Å². The van der Waals surface area contributed by atoms with E-state index in [-0.39, 0.29) is 5.92 Å². The first-order chi connectivity index (χ1) is 5.28. The number of aliphatic carboxylic acids is 1. The molecule has 0 saturated carbocycles. The summed E-state index contributed by atoms with van der Waals surface area (Å²) in [6, 6.07) is 0. The first kappa shape index (κ1) is 10.9. The van der Waals surface area contributed by atoms with E-state index < -0.39 is 17.7 Å². The molecule has 12 heavy (non-hydrogen) atoms. The van der Waals surface area contributed by atoms with Crippen molar-refractivity contribution in [2.45, 2.75) is 19.8 Å². The van der Waals surface area contributed by atoms with E-state index in [0.29, 0.717) is 0 Å². The normalized spacial score (nSPS) is 13.6. The largest absolute Gasteiger partial charge is 0.506 e. The van der Waals surface area contributed by atoms with Gasteiger partial charge in [0, 0.05) is 0 Å². The van der Waals surface area contributed by atoms with Crippen LogP contribution in [0.25, 0.3) is 0 Å². The third-order valence-corrected chi connectivity index (χ3v) is 1.08. The lowest BCUT2D eigenvalue weighted by Gasteiger charge is -2.10. The Kier molecular flexibility index (Phi) is 3.18. The highest BCUT2D eigenvalue weighted by Gasteiger charge is 2.43. The number of aliphatic hydroxyl groups excluding tert-OH is 1. The van der Waals surface area contributed by atoms with Crippen LogP contribution in [0.2, 0.25) is 0 Å². The summed E-state index contributed by atoms with van der Waals surface area (Å²) in [7, 11) is 0. The topological polar surface area (TPSA) is 57.5 Å². The van der Waals surface area contributed by atoms with Crippen molar-refractivity contribution < 1.29 is 23.8 Å². The quantitative estimate of drug-likeness (QED) is 0.651. The molecule has 3 nitrogen and oxygen atoms in total. The van der Waals surface area contributed by atoms with Crippen molar-refractivity contribution in [1.82, 2.24) is 0 Å². The molecule has 0 aromatic heterocycles. The third-order valence-electron chi connectivity index (χ3n) is 1.08. The SMILES string of the molecule is CC(C)C=C(O)C(F)(F)C(=O)O. The Morgan fingerprint density at radius 1 is 1.42 bits per heavy atom. The zero-order valence-electron chi connectivity index (χ0n) is 6.71. The van der Waals surface area contributed by atoms with Crippen molar-refractivity contribution in [3.8, 4) is 0 Å². The van der Waals surface area contributed by atoms with E-state index in [1.54, 1.807) is 13.8 Å². The van der Waals surface area contributed by atoms with Crippen molar-refractivity contribution in [3.63, 3.8) is 0 Å². The highest BCUT2D eigenvalue weighted by atomic mass is 19.3. The van der Waals surface area contributed by atoms with Gasteiger partial charge in [0.05, 0.1) is 0 Å². The predicted octanol–water partition coefficient (Wildman–Crippen LogP) is 1.80. The van der Waals surface area contributed by atoms with Crippen LogP contribution in [-0.4, -0.2) is 22.1 Å². The zero-order chi connectivity index (χ0) is 9.94. The average molecular weight is 180 g/mol. The molecular weight excluding hydrogens is 170 g/mol. The van der Waals surface area contributed by atoms with Crippen molar-refractivity contribution in [2.75, 3.05) is 0 Å². The van der Waals surface area contributed by atoms with Crippen molar-refractivity contribution in [3.05, 3.63) is 11.8 Å². The number of allylic oxidation sites excluding steroid dienone is 1. The van der Waals surface area contributed by atoms with Gasteiger partial charge in [0.2, 0.25) is 0 Å². The van der Waals surface area contributed by atoms with Crippen molar-refractivity contribution >= 4 is 5.97 Å². The molecule has 5 heteroatoms. The lowest BCUT2D eigenvalue weighted by Crippen LogP contribution is -2.30. The fourth-order valence-electron chi connectivity index (χ4n) is 0.530. The van der Waals surface area contributed by atoms with Gasteiger partial charge in [-0.15, -0.1) is 0 Å². The monoisotopic (exact) mass is 180 g/mol. The van der Waals surface area contributed by atoms with Crippen LogP contribution in [0.4, 0.5) is 8.78 Å². The molecule has 0 aromatic rings. The van der Waals surface area contributed by atoms with E-state index >= 15 is 0 Å². The summed E-state index contributed by atoms with van der Waals surface area (Å²) in [5, 5.41) is 16.6. The number of hydrogen-bond acceptors (Lipinski definition) is 2. The Bertz CT molecular complexity index is 209. The van der Waals surface area contributed by atoms with Gasteiger partial charge in [0.1, 0.15) is 0 Å². The van der Waals surface area contributed by atoms with E-state index in [1.807, 2.05) is 0 Å². The number of rotatable bonds is 3. The molecule has 0 bridgehead atoms. The van der Waals surface area contributed by atoms with Crippen molar-refractivity contribution in [2.24, 2.45) is 5.92 Å². The van der Waals surface area contributed by atoms with Gasteiger partial charge in [-0.3, -0.25) is 0 Å². The Morgan fingerprint density at radius 3 is 2.08 bits per heavy atom. The maximum absolute atomic E-state index is 12.4. The zero-order valence-corrected chi connectivity index (χ0v) is 6.71. The Hall–Kier alpha value is -1.13. The van der Waals surface area contributed by atoms with Gasteiger partial charge < -0.3 is 10.2 Å². The second-order valence-corrected chi connectivity index (χ2v) is 2.68. The second-order valence-electron chi connectivity index (χ2n) is 2.68. The maximum Gasteiger partial charge on any atom is 0.397 e. The van der Waals surface area contributed by atoms with Gasteiger partial charge in [0.25, 0.3) is 0 Å². The first-order valence-corrected chi connectivity index (χ1v) is 3.31. The van der Waals surface area contributed by atoms with Crippen LogP contribution in [0.1, 0.15) is 13.8 Å². The Labute approximate surface area is 68.3 Å². The molecule has 0 fully saturated rings. The van der Waals surface area contributed by atoms with E-state index in [1.165, 1.54) is 0 Å². The second kappa shape index (κ2) is 3.51. The molecule has 0 unspecified atom stereocenters. The summed E-state index contributed by atoms with van der Waals surface area (Å²) in [6.07, 6.45) is 0.800. The summed E-state index contributed by atoms with van der Waals surface area (Å²) < 4.78 is 24.8. The molecule has 2 N–H and O–H groups in total. The lowest BCUT2D eigenvalue weighted by molar-refractivity contribution is -0.163. The van der Waals surface area contributed by atoms with Crippen LogP contribution in [-0.2, 0) is 4.79 Å². The van der Waals surface area contributed by atoms with Crippen LogP contribution < -0.4 is 0 Å². The molecule has 0 rings (SSSR count). The fourth-order valence-corrected chi connectivity index (χ4v) is 0.530. The standard InChI is InChI=1S/C7H10F2O3/c1-4(2)3-5(10)7(8,9)6(11)12/h3-4,10H,1-2H3,(H,11,12). The molecular formula is C7H10F2O3. The van der Waals surface area contributed by atoms with E-state index in [0.717, 1.165) is 6.08 Å². The van der Waals surface area contributed by atoms with Crippen molar-refractivity contribution in [1.29, 1.82) is 0 Å². The summed E-state index contributed by atoms with van der Waals surface area (Å²) in [5.74, 6) is -8.26. The molecule has 0 amide bonds. The summed E-state index contributed by atoms with van der Waals surface area (Å²) in [5.41, 5.74) is 0. The number of carbonyl (C=O) groups is 1. The first-order valence-electron chi connectivity index (χ1n) is 3.31. The minimum Gasteiger partial charge on any atom is -0.506 e. The van der Waals surface area contributed by atoms with E-state index in [4.69, 9.17) is 10.2 Å². The molecule has 0 aliphatic heterocycles. The van der Waals surface area contributed by atoms with Crippen LogP contribution in [0.15, 0.2) is 11.8 Å². The Balaban J connectivity index is 4.67. The smallest absolute Gasteiger partial charge is 0.397 e. The van der Waals surface area contributed by atoms with Gasteiger partial charge >= 0.3 is 11.9 Å². The molecule has 0 heterocycles. The third kappa shape index (κ3) is 2.48. The van der Waals surface area contributed by atoms with Crippen LogP contribution >= 0.6 is 0 Å². The Morgan fingerprint density at radius 2 is 1.83 bits per heavy atom. The van der Waals surface area contributed by atoms with Crippen LogP contribution in [0.3, 0.4) is 0 Å². The summed E-state index contributed by atoms with van der Waals surface area (Å²) >= 11 is 0. The average Bonchev–Trinajstić information content (AvgIpc) is 1.85. The van der Waals surface area contributed by atoms with E-state index in [2.05, 4.69) is 0 Å². The highest BCUT2D eigenvalue weighted by molar-refractivity contribution is 5.78. The predicted molar refractivity (Wildman–Crippen MR) is 38.1 cm³/mol. The van der Waals surface area contributed by atoms with Crippen LogP contribution in [0.5, 0.6) is 0 Å². The number of carboxylic acid groups (broad SMARTS) is 1. The van der Waals surface area contributed by atoms with Gasteiger partial charge in [-0.25, -0.2) is 4.79 Å². The highest BCUT2D eigenvalue weighted by Crippen LogP contribution is 2.23. The molecule has 0 spiro atoms. The molecule has 0 atom stereocenters. The number of carboxylic acids is 1. The molecule has 0 aliphatic carbocycles. The molecule has 70 valence electrons. The van der Waals surface area contributed by atoms with Gasteiger partial charge in [0.15, 0.2) is 5.76 Å².